The summed E-state index contributed by atoms with van der Waals surface area (Å²) in [6.45, 7) is 1.99. The third-order valence-electron chi connectivity index (χ3n) is 2.55. The maximum atomic E-state index is 5.73. The smallest absolute Gasteiger partial charge is 0.180 e. The number of hydrogen-bond acceptors (Lipinski definition) is 5. The maximum Gasteiger partial charge on any atom is 0.180 e. The number of methoxy groups -OCH3 is 2. The van der Waals surface area contributed by atoms with Gasteiger partial charge in [-0.25, -0.2) is 4.98 Å². The SMILES string of the molecule is COc1ccc(-c2nc(N)sc2C)c(OC)c1Br. The van der Waals surface area contributed by atoms with Gasteiger partial charge in [0.05, 0.1) is 19.9 Å². The van der Waals surface area contributed by atoms with Crippen LogP contribution in [0.5, 0.6) is 11.5 Å². The lowest BCUT2D eigenvalue weighted by Crippen LogP contribution is -1.94. The first-order valence-electron chi connectivity index (χ1n) is 5.22. The molecule has 4 nitrogen and oxygen atoms in total. The summed E-state index contributed by atoms with van der Waals surface area (Å²) in [6.07, 6.45) is 0. The number of benzene rings is 1. The van der Waals surface area contributed by atoms with Crippen molar-refractivity contribution in [2.24, 2.45) is 0 Å². The molecule has 0 aliphatic rings. The Bertz CT molecular complexity index is 584. The monoisotopic (exact) mass is 328 g/mol. The van der Waals surface area contributed by atoms with E-state index in [1.54, 1.807) is 14.2 Å². The standard InChI is InChI=1S/C12H13BrN2O2S/c1-6-10(15-12(14)18-6)7-4-5-8(16-2)9(13)11(7)17-3/h4-5H,1-3H3,(H2,14,15). The normalized spacial score (nSPS) is 10.4. The number of nitrogens with zero attached hydrogens (tertiary/aromatic N) is 1. The van der Waals surface area contributed by atoms with E-state index in [4.69, 9.17) is 15.2 Å². The lowest BCUT2D eigenvalue weighted by atomic mass is 10.1. The van der Waals surface area contributed by atoms with Crippen molar-refractivity contribution in [3.05, 3.63) is 21.5 Å². The molecule has 1 aromatic carbocycles. The molecule has 1 heterocycles. The Balaban J connectivity index is 2.65. The average molecular weight is 329 g/mol. The van der Waals surface area contributed by atoms with Gasteiger partial charge in [0.15, 0.2) is 5.13 Å². The van der Waals surface area contributed by atoms with Gasteiger partial charge in [-0.3, -0.25) is 0 Å². The highest BCUT2D eigenvalue weighted by atomic mass is 79.9. The van der Waals surface area contributed by atoms with Gasteiger partial charge in [0.2, 0.25) is 0 Å². The van der Waals surface area contributed by atoms with Gasteiger partial charge in [-0.15, -0.1) is 11.3 Å². The molecule has 0 spiro atoms. The van der Waals surface area contributed by atoms with Crippen molar-refractivity contribution < 1.29 is 9.47 Å². The molecule has 0 saturated heterocycles. The van der Waals surface area contributed by atoms with Gasteiger partial charge >= 0.3 is 0 Å². The molecule has 0 bridgehead atoms. The van der Waals surface area contributed by atoms with Crippen LogP contribution in [0.1, 0.15) is 4.88 Å². The van der Waals surface area contributed by atoms with Crippen LogP contribution in [0.25, 0.3) is 11.3 Å². The van der Waals surface area contributed by atoms with E-state index in [-0.39, 0.29) is 0 Å². The number of aromatic nitrogens is 1. The molecule has 18 heavy (non-hydrogen) atoms. The first-order chi connectivity index (χ1) is 8.58. The fourth-order valence-electron chi connectivity index (χ4n) is 1.75. The number of halogens is 1. The van der Waals surface area contributed by atoms with Gasteiger partial charge in [0, 0.05) is 10.4 Å². The second-order valence-corrected chi connectivity index (χ2v) is 5.65. The maximum absolute atomic E-state index is 5.73. The number of nitrogen functional groups attached to an aromatic ring is 1. The summed E-state index contributed by atoms with van der Waals surface area (Å²) < 4.78 is 11.5. The number of ether oxygens (including phenoxy) is 2. The summed E-state index contributed by atoms with van der Waals surface area (Å²) in [7, 11) is 3.24. The van der Waals surface area contributed by atoms with Crippen LogP contribution in [-0.4, -0.2) is 19.2 Å². The van der Waals surface area contributed by atoms with Crippen molar-refractivity contribution in [3.63, 3.8) is 0 Å². The van der Waals surface area contributed by atoms with Crippen LogP contribution in [-0.2, 0) is 0 Å². The van der Waals surface area contributed by atoms with Crippen LogP contribution >= 0.6 is 27.3 Å². The van der Waals surface area contributed by atoms with Crippen LogP contribution in [0.4, 0.5) is 5.13 Å². The molecule has 0 aliphatic carbocycles. The second-order valence-electron chi connectivity index (χ2n) is 3.62. The molecule has 2 N–H and O–H groups in total. The summed E-state index contributed by atoms with van der Waals surface area (Å²) in [5.41, 5.74) is 7.48. The van der Waals surface area contributed by atoms with E-state index < -0.39 is 0 Å². The fraction of sp³-hybridized carbons (Fsp3) is 0.250. The third-order valence-corrected chi connectivity index (χ3v) is 4.10. The highest BCUT2D eigenvalue weighted by molar-refractivity contribution is 9.10. The molecule has 6 heteroatoms. The molecular formula is C12H13BrN2O2S. The van der Waals surface area contributed by atoms with Crippen LogP contribution in [0.2, 0.25) is 0 Å². The molecule has 2 aromatic rings. The summed E-state index contributed by atoms with van der Waals surface area (Å²) in [5, 5.41) is 0.552. The summed E-state index contributed by atoms with van der Waals surface area (Å²) >= 11 is 4.94. The Hall–Kier alpha value is -1.27. The Morgan fingerprint density at radius 3 is 2.50 bits per heavy atom. The number of hydrogen-bond donors (Lipinski definition) is 1. The van der Waals surface area contributed by atoms with Crippen LogP contribution in [0, 0.1) is 6.92 Å². The van der Waals surface area contributed by atoms with E-state index in [0.717, 1.165) is 26.4 Å². The van der Waals surface area contributed by atoms with E-state index in [1.165, 1.54) is 11.3 Å². The zero-order valence-corrected chi connectivity index (χ0v) is 12.7. The van der Waals surface area contributed by atoms with Crippen molar-refractivity contribution in [1.29, 1.82) is 0 Å². The number of nitrogens with two attached hydrogens (primary N) is 1. The molecule has 96 valence electrons. The lowest BCUT2D eigenvalue weighted by molar-refractivity contribution is 0.390. The number of rotatable bonds is 3. The number of anilines is 1. The minimum Gasteiger partial charge on any atom is -0.495 e. The predicted octanol–water partition coefficient (Wildman–Crippen LogP) is 3.48. The van der Waals surface area contributed by atoms with Gasteiger partial charge in [-0.2, -0.15) is 0 Å². The summed E-state index contributed by atoms with van der Waals surface area (Å²) in [5.74, 6) is 1.42. The zero-order chi connectivity index (χ0) is 13.3. The molecule has 0 radical (unpaired) electrons. The third kappa shape index (κ3) is 2.18. The van der Waals surface area contributed by atoms with Gasteiger partial charge in [0.1, 0.15) is 16.0 Å². The zero-order valence-electron chi connectivity index (χ0n) is 10.3. The Labute approximate surface area is 118 Å². The van der Waals surface area contributed by atoms with Crippen molar-refractivity contribution >= 4 is 32.4 Å². The van der Waals surface area contributed by atoms with E-state index >= 15 is 0 Å². The Morgan fingerprint density at radius 2 is 2.00 bits per heavy atom. The van der Waals surface area contributed by atoms with Crippen LogP contribution in [0.3, 0.4) is 0 Å². The molecule has 1 aromatic heterocycles. The molecule has 0 unspecified atom stereocenters. The topological polar surface area (TPSA) is 57.4 Å². The minimum absolute atomic E-state index is 0.552. The van der Waals surface area contributed by atoms with E-state index in [9.17, 15) is 0 Å². The lowest BCUT2D eigenvalue weighted by Gasteiger charge is -2.12. The number of aryl methyl sites for hydroxylation is 1. The molecule has 0 atom stereocenters. The van der Waals surface area contributed by atoms with Gasteiger partial charge < -0.3 is 15.2 Å². The van der Waals surface area contributed by atoms with E-state index in [1.807, 2.05) is 19.1 Å². The highest BCUT2D eigenvalue weighted by Gasteiger charge is 2.18. The number of thiazole rings is 1. The molecule has 2 rings (SSSR count). The largest absolute Gasteiger partial charge is 0.495 e. The molecule has 0 saturated carbocycles. The minimum atomic E-state index is 0.552. The molecule has 0 amide bonds. The Kier molecular flexibility index (Phi) is 3.77. The van der Waals surface area contributed by atoms with Crippen LogP contribution < -0.4 is 15.2 Å². The van der Waals surface area contributed by atoms with Gasteiger partial charge in [0.25, 0.3) is 0 Å². The fourth-order valence-corrected chi connectivity index (χ4v) is 3.12. The van der Waals surface area contributed by atoms with Crippen molar-refractivity contribution in [3.8, 4) is 22.8 Å². The van der Waals surface area contributed by atoms with E-state index in [2.05, 4.69) is 20.9 Å². The molecule has 0 fully saturated rings. The quantitative estimate of drug-likeness (QED) is 0.937. The molecule has 0 aliphatic heterocycles. The highest BCUT2D eigenvalue weighted by Crippen LogP contribution is 2.43. The first-order valence-corrected chi connectivity index (χ1v) is 6.83. The van der Waals surface area contributed by atoms with E-state index in [0.29, 0.717) is 10.9 Å². The summed E-state index contributed by atoms with van der Waals surface area (Å²) in [6, 6.07) is 3.79. The van der Waals surface area contributed by atoms with Crippen LogP contribution in [0.15, 0.2) is 16.6 Å². The van der Waals surface area contributed by atoms with Gasteiger partial charge in [-0.1, -0.05) is 0 Å². The predicted molar refractivity (Wildman–Crippen MR) is 77.5 cm³/mol. The van der Waals surface area contributed by atoms with Gasteiger partial charge in [-0.05, 0) is 35.0 Å². The second kappa shape index (κ2) is 5.16. The first kappa shape index (κ1) is 13.2. The Morgan fingerprint density at radius 1 is 1.28 bits per heavy atom. The average Bonchev–Trinajstić information content (AvgIpc) is 2.68. The van der Waals surface area contributed by atoms with Crippen molar-refractivity contribution in [2.45, 2.75) is 6.92 Å². The molecular weight excluding hydrogens is 316 g/mol. The summed E-state index contributed by atoms with van der Waals surface area (Å²) in [4.78, 5) is 5.40. The van der Waals surface area contributed by atoms with Crippen molar-refractivity contribution in [1.82, 2.24) is 4.98 Å². The van der Waals surface area contributed by atoms with Crippen molar-refractivity contribution in [2.75, 3.05) is 20.0 Å².